The summed E-state index contributed by atoms with van der Waals surface area (Å²) in [6, 6.07) is 11.4. The Labute approximate surface area is 117 Å². The number of hydrogen-bond acceptors (Lipinski definition) is 2. The van der Waals surface area contributed by atoms with E-state index in [2.05, 4.69) is 21.2 Å². The van der Waals surface area contributed by atoms with E-state index in [1.54, 1.807) is 24.3 Å². The molecule has 0 aliphatic heterocycles. The molecule has 0 fully saturated rings. The van der Waals surface area contributed by atoms with Crippen molar-refractivity contribution in [3.63, 3.8) is 0 Å². The van der Waals surface area contributed by atoms with Crippen molar-refractivity contribution in [2.24, 2.45) is 0 Å². The molecular weight excluding hydrogens is 319 g/mol. The van der Waals surface area contributed by atoms with Gasteiger partial charge in [-0.2, -0.15) is 5.26 Å². The number of halogens is 3. The second kappa shape index (κ2) is 5.38. The Hall–Kier alpha value is -1.57. The van der Waals surface area contributed by atoms with E-state index < -0.39 is 5.82 Å². The number of anilines is 2. The summed E-state index contributed by atoms with van der Waals surface area (Å²) < 4.78 is 14.4. The zero-order valence-electron chi connectivity index (χ0n) is 9.05. The third-order valence-corrected chi connectivity index (χ3v) is 3.53. The molecule has 18 heavy (non-hydrogen) atoms. The highest BCUT2D eigenvalue weighted by atomic mass is 79.9. The Kier molecular flexibility index (Phi) is 3.85. The van der Waals surface area contributed by atoms with Crippen LogP contribution in [0.1, 0.15) is 5.56 Å². The molecule has 0 amide bonds. The summed E-state index contributed by atoms with van der Waals surface area (Å²) in [5.74, 6) is -0.479. The maximum absolute atomic E-state index is 13.6. The smallest absolute Gasteiger partial charge is 0.147 e. The average Bonchev–Trinajstić information content (AvgIpc) is 2.36. The minimum Gasteiger partial charge on any atom is -0.353 e. The van der Waals surface area contributed by atoms with Gasteiger partial charge in [0.2, 0.25) is 0 Å². The molecule has 0 heterocycles. The molecule has 0 spiro atoms. The number of benzene rings is 2. The van der Waals surface area contributed by atoms with Crippen molar-refractivity contribution in [2.75, 3.05) is 5.32 Å². The standard InChI is InChI=1S/C13H7BrClFN2/c14-10-3-2-9(6-11(10)15)18-13-4-1-8(7-17)5-12(13)16/h1-6,18H. The monoisotopic (exact) mass is 324 g/mol. The average molecular weight is 326 g/mol. The predicted octanol–water partition coefficient (Wildman–Crippen LogP) is 4.86. The molecule has 1 N–H and O–H groups in total. The molecule has 2 aromatic carbocycles. The molecule has 0 atom stereocenters. The molecule has 0 aromatic heterocycles. The predicted molar refractivity (Wildman–Crippen MR) is 73.5 cm³/mol. The van der Waals surface area contributed by atoms with E-state index in [4.69, 9.17) is 16.9 Å². The Balaban J connectivity index is 2.29. The highest BCUT2D eigenvalue weighted by Gasteiger charge is 2.05. The number of rotatable bonds is 2. The van der Waals surface area contributed by atoms with E-state index in [9.17, 15) is 4.39 Å². The first-order chi connectivity index (χ1) is 8.60. The second-order valence-corrected chi connectivity index (χ2v) is 4.82. The fourth-order valence-corrected chi connectivity index (χ4v) is 1.84. The topological polar surface area (TPSA) is 35.8 Å². The van der Waals surface area contributed by atoms with Gasteiger partial charge in [0.05, 0.1) is 22.3 Å². The third kappa shape index (κ3) is 2.81. The van der Waals surface area contributed by atoms with Crippen LogP contribution in [0.2, 0.25) is 5.02 Å². The SMILES string of the molecule is N#Cc1ccc(Nc2ccc(Br)c(Cl)c2)c(F)c1. The van der Waals surface area contributed by atoms with Crippen LogP contribution < -0.4 is 5.32 Å². The maximum atomic E-state index is 13.6. The minimum atomic E-state index is -0.479. The second-order valence-electron chi connectivity index (χ2n) is 3.56. The van der Waals surface area contributed by atoms with Gasteiger partial charge in [-0.05, 0) is 52.3 Å². The summed E-state index contributed by atoms with van der Waals surface area (Å²) in [6.07, 6.45) is 0. The van der Waals surface area contributed by atoms with Crippen molar-refractivity contribution < 1.29 is 4.39 Å². The van der Waals surface area contributed by atoms with Crippen LogP contribution in [0.4, 0.5) is 15.8 Å². The number of hydrogen-bond donors (Lipinski definition) is 1. The van der Waals surface area contributed by atoms with Gasteiger partial charge in [-0.3, -0.25) is 0 Å². The number of nitrogens with zero attached hydrogens (tertiary/aromatic N) is 1. The molecule has 2 nitrogen and oxygen atoms in total. The molecule has 0 unspecified atom stereocenters. The lowest BCUT2D eigenvalue weighted by Gasteiger charge is -2.08. The van der Waals surface area contributed by atoms with Crippen molar-refractivity contribution in [1.82, 2.24) is 0 Å². The first-order valence-electron chi connectivity index (χ1n) is 5.02. The fourth-order valence-electron chi connectivity index (χ4n) is 1.42. The van der Waals surface area contributed by atoms with Crippen molar-refractivity contribution in [2.45, 2.75) is 0 Å². The van der Waals surface area contributed by atoms with E-state index in [0.717, 1.165) is 4.47 Å². The summed E-state index contributed by atoms with van der Waals surface area (Å²) in [5.41, 5.74) is 1.26. The highest BCUT2D eigenvalue weighted by Crippen LogP contribution is 2.28. The van der Waals surface area contributed by atoms with Crippen molar-refractivity contribution >= 4 is 38.9 Å². The van der Waals surface area contributed by atoms with Crippen LogP contribution in [0.25, 0.3) is 0 Å². The molecule has 0 saturated heterocycles. The van der Waals surface area contributed by atoms with Crippen LogP contribution in [0.5, 0.6) is 0 Å². The van der Waals surface area contributed by atoms with Gasteiger partial charge in [0, 0.05) is 10.2 Å². The molecule has 90 valence electrons. The summed E-state index contributed by atoms with van der Waals surface area (Å²) in [6.45, 7) is 0. The molecule has 0 aliphatic rings. The molecule has 0 bridgehead atoms. The maximum Gasteiger partial charge on any atom is 0.147 e. The third-order valence-electron chi connectivity index (χ3n) is 2.30. The lowest BCUT2D eigenvalue weighted by atomic mass is 10.2. The fraction of sp³-hybridized carbons (Fsp3) is 0. The van der Waals surface area contributed by atoms with Crippen LogP contribution in [0.15, 0.2) is 40.9 Å². The Morgan fingerprint density at radius 3 is 2.61 bits per heavy atom. The summed E-state index contributed by atoms with van der Waals surface area (Å²) >= 11 is 9.22. The Morgan fingerprint density at radius 2 is 2.00 bits per heavy atom. The summed E-state index contributed by atoms with van der Waals surface area (Å²) in [7, 11) is 0. The molecular formula is C13H7BrClFN2. The number of nitriles is 1. The van der Waals surface area contributed by atoms with Crippen LogP contribution in [-0.4, -0.2) is 0 Å². The van der Waals surface area contributed by atoms with E-state index in [1.807, 2.05) is 6.07 Å². The van der Waals surface area contributed by atoms with Crippen molar-refractivity contribution in [3.05, 3.63) is 57.3 Å². The van der Waals surface area contributed by atoms with E-state index >= 15 is 0 Å². The zero-order chi connectivity index (χ0) is 13.1. The van der Waals surface area contributed by atoms with E-state index in [-0.39, 0.29) is 5.56 Å². The van der Waals surface area contributed by atoms with Crippen LogP contribution in [0, 0.1) is 17.1 Å². The molecule has 0 saturated carbocycles. The number of nitrogens with one attached hydrogen (secondary N) is 1. The van der Waals surface area contributed by atoms with Crippen molar-refractivity contribution in [1.29, 1.82) is 5.26 Å². The lowest BCUT2D eigenvalue weighted by molar-refractivity contribution is 0.631. The van der Waals surface area contributed by atoms with Gasteiger partial charge < -0.3 is 5.32 Å². The van der Waals surface area contributed by atoms with Gasteiger partial charge in [0.1, 0.15) is 5.82 Å². The summed E-state index contributed by atoms with van der Waals surface area (Å²) in [4.78, 5) is 0. The molecule has 0 aliphatic carbocycles. The minimum absolute atomic E-state index is 0.284. The van der Waals surface area contributed by atoms with Crippen LogP contribution in [-0.2, 0) is 0 Å². The first kappa shape index (κ1) is 12.9. The Bertz CT molecular complexity index is 637. The molecule has 2 aromatic rings. The normalized spacial score (nSPS) is 9.89. The zero-order valence-corrected chi connectivity index (χ0v) is 11.4. The van der Waals surface area contributed by atoms with E-state index in [1.165, 1.54) is 12.1 Å². The Morgan fingerprint density at radius 1 is 1.22 bits per heavy atom. The largest absolute Gasteiger partial charge is 0.353 e. The van der Waals surface area contributed by atoms with Gasteiger partial charge in [-0.1, -0.05) is 11.6 Å². The van der Waals surface area contributed by atoms with Crippen LogP contribution in [0.3, 0.4) is 0 Å². The lowest BCUT2D eigenvalue weighted by Crippen LogP contribution is -1.94. The molecule has 2 rings (SSSR count). The van der Waals surface area contributed by atoms with Gasteiger partial charge in [-0.15, -0.1) is 0 Å². The van der Waals surface area contributed by atoms with Crippen molar-refractivity contribution in [3.8, 4) is 6.07 Å². The van der Waals surface area contributed by atoms with Gasteiger partial charge in [0.25, 0.3) is 0 Å². The summed E-state index contributed by atoms with van der Waals surface area (Å²) in [5, 5.41) is 12.1. The quantitative estimate of drug-likeness (QED) is 0.856. The molecule has 5 heteroatoms. The molecule has 0 radical (unpaired) electrons. The van der Waals surface area contributed by atoms with Gasteiger partial charge in [-0.25, -0.2) is 4.39 Å². The van der Waals surface area contributed by atoms with Gasteiger partial charge >= 0.3 is 0 Å². The van der Waals surface area contributed by atoms with Gasteiger partial charge in [0.15, 0.2) is 0 Å². The highest BCUT2D eigenvalue weighted by molar-refractivity contribution is 9.10. The first-order valence-corrected chi connectivity index (χ1v) is 6.19. The van der Waals surface area contributed by atoms with Crippen LogP contribution >= 0.6 is 27.5 Å². The van der Waals surface area contributed by atoms with E-state index in [0.29, 0.717) is 16.4 Å².